The molecule has 2 nitrogen and oxygen atoms in total. The quantitative estimate of drug-likeness (QED) is 0.165. The van der Waals surface area contributed by atoms with Crippen molar-refractivity contribution >= 4 is 34.1 Å². The van der Waals surface area contributed by atoms with Crippen LogP contribution in [0.3, 0.4) is 0 Å². The highest BCUT2D eigenvalue weighted by atomic mass is 15.1. The Morgan fingerprint density at radius 1 is 0.344 bits per heavy atom. The van der Waals surface area contributed by atoms with Crippen LogP contribution in [-0.4, -0.2) is 0 Å². The van der Waals surface area contributed by atoms with E-state index in [2.05, 4.69) is 183 Å². The van der Waals surface area contributed by atoms with Crippen molar-refractivity contribution in [1.82, 2.24) is 0 Å². The highest BCUT2D eigenvalue weighted by molar-refractivity contribution is 5.93. The van der Waals surface area contributed by atoms with E-state index in [9.17, 15) is 0 Å². The predicted molar refractivity (Wildman–Crippen MR) is 267 cm³/mol. The normalized spacial score (nSPS) is 25.3. The second-order valence-electron chi connectivity index (χ2n) is 21.3. The largest absolute Gasteiger partial charge is 0.310 e. The molecule has 318 valence electrons. The van der Waals surface area contributed by atoms with E-state index in [1.54, 1.807) is 22.3 Å². The van der Waals surface area contributed by atoms with Crippen molar-refractivity contribution in [2.24, 2.45) is 23.7 Å². The minimum absolute atomic E-state index is 0.0289. The molecule has 0 heterocycles. The fraction of sp³-hybridized carbons (Fsp3) is 0.323. The average molecular weight is 833 g/mol. The number of anilines is 6. The van der Waals surface area contributed by atoms with Gasteiger partial charge in [-0.2, -0.15) is 0 Å². The third kappa shape index (κ3) is 5.76. The average Bonchev–Trinajstić information content (AvgIpc) is 3.89. The molecule has 0 amide bonds. The topological polar surface area (TPSA) is 6.48 Å². The second kappa shape index (κ2) is 14.3. The highest BCUT2D eigenvalue weighted by Gasteiger charge is 2.57. The summed E-state index contributed by atoms with van der Waals surface area (Å²) in [6.45, 7) is 8.76. The third-order valence-corrected chi connectivity index (χ3v) is 17.5. The lowest BCUT2D eigenvalue weighted by atomic mass is 9.52. The van der Waals surface area contributed by atoms with Crippen LogP contribution in [0.4, 0.5) is 34.1 Å². The Balaban J connectivity index is 1.00. The maximum atomic E-state index is 2.80. The van der Waals surface area contributed by atoms with Gasteiger partial charge in [0.1, 0.15) is 0 Å². The summed E-state index contributed by atoms with van der Waals surface area (Å²) in [7, 11) is 0. The van der Waals surface area contributed by atoms with Crippen LogP contribution >= 0.6 is 0 Å². The molecule has 0 radical (unpaired) electrons. The molecule has 4 bridgehead atoms. The summed E-state index contributed by atoms with van der Waals surface area (Å²) in [4.78, 5) is 5.01. The van der Waals surface area contributed by atoms with Crippen LogP contribution in [0.1, 0.15) is 109 Å². The van der Waals surface area contributed by atoms with Crippen molar-refractivity contribution in [3.63, 3.8) is 0 Å². The smallest absolute Gasteiger partial charge is 0.0465 e. The van der Waals surface area contributed by atoms with Crippen LogP contribution in [0.5, 0.6) is 0 Å². The molecule has 7 aliphatic carbocycles. The fourth-order valence-corrected chi connectivity index (χ4v) is 14.5. The van der Waals surface area contributed by atoms with E-state index >= 15 is 0 Å². The molecule has 2 spiro atoms. The Bertz CT molecular complexity index is 2850. The van der Waals surface area contributed by atoms with Crippen LogP contribution < -0.4 is 9.80 Å². The number of fused-ring (bicyclic) bond motifs is 12. The summed E-state index contributed by atoms with van der Waals surface area (Å²) in [5.41, 5.74) is 25.2. The highest BCUT2D eigenvalue weighted by Crippen LogP contribution is 2.68. The lowest BCUT2D eigenvalue weighted by Crippen LogP contribution is -2.44. The monoisotopic (exact) mass is 832 g/mol. The number of aryl methyl sites for hydroxylation is 4. The van der Waals surface area contributed by atoms with Gasteiger partial charge in [-0.15, -0.1) is 0 Å². The van der Waals surface area contributed by atoms with Crippen molar-refractivity contribution in [2.75, 3.05) is 9.80 Å². The van der Waals surface area contributed by atoms with Crippen LogP contribution in [-0.2, 0) is 10.8 Å². The van der Waals surface area contributed by atoms with Gasteiger partial charge in [-0.1, -0.05) is 109 Å². The van der Waals surface area contributed by atoms with Gasteiger partial charge in [-0.05, 0) is 219 Å². The van der Waals surface area contributed by atoms with Gasteiger partial charge in [-0.3, -0.25) is 0 Å². The van der Waals surface area contributed by atoms with Gasteiger partial charge >= 0.3 is 0 Å². The molecule has 0 aliphatic heterocycles. The van der Waals surface area contributed by atoms with E-state index in [1.807, 2.05) is 0 Å². The van der Waals surface area contributed by atoms with Crippen LogP contribution in [0.2, 0.25) is 0 Å². The van der Waals surface area contributed by atoms with E-state index in [-0.39, 0.29) is 10.8 Å². The van der Waals surface area contributed by atoms with Gasteiger partial charge in [0.05, 0.1) is 0 Å². The summed E-state index contributed by atoms with van der Waals surface area (Å²) >= 11 is 0. The van der Waals surface area contributed by atoms with Crippen molar-refractivity contribution < 1.29 is 0 Å². The summed E-state index contributed by atoms with van der Waals surface area (Å²) < 4.78 is 0. The first kappa shape index (κ1) is 38.6. The Hall–Kier alpha value is -5.86. The van der Waals surface area contributed by atoms with E-state index in [1.165, 1.54) is 143 Å². The van der Waals surface area contributed by atoms with Crippen LogP contribution in [0, 0.1) is 51.4 Å². The molecular weight excluding hydrogens is 773 g/mol. The molecule has 3 atom stereocenters. The summed E-state index contributed by atoms with van der Waals surface area (Å²) in [5, 5.41) is 0. The van der Waals surface area contributed by atoms with Gasteiger partial charge < -0.3 is 9.80 Å². The molecule has 0 aromatic heterocycles. The number of benzene rings is 7. The van der Waals surface area contributed by atoms with Crippen molar-refractivity contribution in [3.05, 3.63) is 190 Å². The maximum Gasteiger partial charge on any atom is 0.0465 e. The molecule has 7 aliphatic rings. The summed E-state index contributed by atoms with van der Waals surface area (Å²) in [6.07, 6.45) is 13.4. The molecule has 0 saturated heterocycles. The minimum atomic E-state index is 0.0289. The van der Waals surface area contributed by atoms with Gasteiger partial charge in [0.2, 0.25) is 0 Å². The van der Waals surface area contributed by atoms with Gasteiger partial charge in [0, 0.05) is 45.0 Å². The van der Waals surface area contributed by atoms with E-state index in [0.717, 1.165) is 17.8 Å². The Morgan fingerprint density at radius 3 is 1.16 bits per heavy atom. The summed E-state index contributed by atoms with van der Waals surface area (Å²) in [5.74, 6) is 3.04. The molecule has 2 heteroatoms. The Morgan fingerprint density at radius 2 is 0.703 bits per heavy atom. The number of hydrogen-bond acceptors (Lipinski definition) is 2. The first-order valence-electron chi connectivity index (χ1n) is 24.6. The zero-order valence-electron chi connectivity index (χ0n) is 38.1. The second-order valence-corrected chi connectivity index (χ2v) is 21.3. The van der Waals surface area contributed by atoms with Crippen molar-refractivity contribution in [3.8, 4) is 22.3 Å². The standard InChI is InChI=1S/C62H60N2/c1-39-5-19-47(20-6-39)63(48-21-7-40(2)8-22-48)51-27-29-53-55-35-60-56(34-58(55)61(57(53)32-51)36-44-13-14-45(31-44)37-61)54-30-28-52(33-59(54)62(60)38-43-15-17-46(62)18-16-43)64(49-23-9-41(3)10-24-49)50-25-11-42(4)12-26-50/h5-12,19-30,32-35,43-46H,13-18,31,36-38H2,1-4H3. The van der Waals surface area contributed by atoms with Crippen molar-refractivity contribution in [2.45, 2.75) is 103 Å². The molecule has 64 heavy (non-hydrogen) atoms. The number of rotatable bonds is 6. The third-order valence-electron chi connectivity index (χ3n) is 17.5. The van der Waals surface area contributed by atoms with Gasteiger partial charge in [0.25, 0.3) is 0 Å². The number of hydrogen-bond donors (Lipinski definition) is 0. The fourth-order valence-electron chi connectivity index (χ4n) is 14.5. The van der Waals surface area contributed by atoms with Gasteiger partial charge in [0.15, 0.2) is 0 Å². The SMILES string of the molecule is Cc1ccc(N(c2ccc(C)cc2)c2ccc3c(c2)C2(CC4CCC(C4)C2)c2cc4c(cc2-3)C2(CC3CCC2CC3)c2cc(N(c3ccc(C)cc3)c3ccc(C)cc3)ccc2-4)cc1. The van der Waals surface area contributed by atoms with E-state index in [4.69, 9.17) is 0 Å². The molecule has 5 saturated carbocycles. The van der Waals surface area contributed by atoms with Crippen molar-refractivity contribution in [1.29, 1.82) is 0 Å². The first-order chi connectivity index (χ1) is 31.2. The predicted octanol–water partition coefficient (Wildman–Crippen LogP) is 16.8. The van der Waals surface area contributed by atoms with E-state index < -0.39 is 0 Å². The summed E-state index contributed by atoms with van der Waals surface area (Å²) in [6, 6.07) is 57.4. The lowest BCUT2D eigenvalue weighted by molar-refractivity contribution is 0.0945. The zero-order chi connectivity index (χ0) is 42.9. The van der Waals surface area contributed by atoms with Crippen LogP contribution in [0.15, 0.2) is 146 Å². The molecule has 5 fully saturated rings. The zero-order valence-corrected chi connectivity index (χ0v) is 38.1. The Labute approximate surface area is 381 Å². The maximum absolute atomic E-state index is 2.80. The minimum Gasteiger partial charge on any atom is -0.310 e. The first-order valence-corrected chi connectivity index (χ1v) is 24.6. The molecular formula is C62H60N2. The Kier molecular flexibility index (Phi) is 8.63. The molecule has 7 aromatic carbocycles. The van der Waals surface area contributed by atoms with E-state index in [0.29, 0.717) is 5.92 Å². The molecule has 0 N–H and O–H groups in total. The number of nitrogens with zero attached hydrogens (tertiary/aromatic N) is 2. The van der Waals surface area contributed by atoms with Crippen LogP contribution in [0.25, 0.3) is 22.3 Å². The molecule has 3 unspecified atom stereocenters. The lowest BCUT2D eigenvalue weighted by Gasteiger charge is -2.51. The molecule has 14 rings (SSSR count). The van der Waals surface area contributed by atoms with Gasteiger partial charge in [-0.25, -0.2) is 0 Å². The molecule has 7 aromatic rings.